The average Bonchev–Trinajstić information content (AvgIpc) is 3.00. The Morgan fingerprint density at radius 1 is 0.867 bits per heavy atom. The number of nitrogens with one attached hydrogen (secondary N) is 1. The second-order valence-electron chi connectivity index (χ2n) is 11.8. The van der Waals surface area contributed by atoms with Gasteiger partial charge in [-0.1, -0.05) is 83.6 Å². The van der Waals surface area contributed by atoms with Gasteiger partial charge in [0.05, 0.1) is 12.5 Å². The third kappa shape index (κ3) is 16.5. The van der Waals surface area contributed by atoms with Gasteiger partial charge in [-0.2, -0.15) is 4.55 Å². The van der Waals surface area contributed by atoms with Crippen molar-refractivity contribution in [3.05, 3.63) is 42.0 Å². The maximum atomic E-state index is 13.4. The van der Waals surface area contributed by atoms with Crippen molar-refractivity contribution >= 4 is 29.0 Å². The molecule has 10 heteroatoms. The summed E-state index contributed by atoms with van der Waals surface area (Å²) in [5.41, 5.74) is -1.71. The first kappa shape index (κ1) is 40.5. The summed E-state index contributed by atoms with van der Waals surface area (Å²) in [6.45, 7) is 6.56. The zero-order valence-electron chi connectivity index (χ0n) is 27.7. The molecule has 0 saturated carbocycles. The van der Waals surface area contributed by atoms with Crippen LogP contribution in [0.4, 0.5) is 0 Å². The number of carboxylic acid groups (broad SMARTS) is 2. The number of amides is 1. The van der Waals surface area contributed by atoms with Crippen LogP contribution in [0.15, 0.2) is 36.4 Å². The standard InChI is InChI=1S/C35H57NO8S/c1-4-7-9-13-16-25-45(43)26-17-14-11-10-12-15-18-30(35(42,23-6-3)34(40)41)32(37)36-31(33(38)39)27-28-19-21-29(22-20-28)44-24-8-5-2/h15,18-22,30-31,42-43H,4-14,16-17,23-27H2,1-3H3,(H2-,36,37,38,39,40,41)/p+1/b18-15+/t30-,31+,35+,45?/m1/s1. The fourth-order valence-electron chi connectivity index (χ4n) is 5.08. The van der Waals surface area contributed by atoms with E-state index >= 15 is 0 Å². The van der Waals surface area contributed by atoms with Gasteiger partial charge in [-0.05, 0) is 69.1 Å². The summed E-state index contributed by atoms with van der Waals surface area (Å²) in [7, 11) is 0. The minimum atomic E-state index is -2.37. The van der Waals surface area contributed by atoms with Gasteiger partial charge in [-0.25, -0.2) is 9.59 Å². The third-order valence-corrected chi connectivity index (χ3v) is 9.38. The Bertz CT molecular complexity index is 1000. The first-order valence-electron chi connectivity index (χ1n) is 16.8. The monoisotopic (exact) mass is 652 g/mol. The Labute approximate surface area is 273 Å². The lowest BCUT2D eigenvalue weighted by Crippen LogP contribution is -2.54. The molecule has 1 amide bonds. The van der Waals surface area contributed by atoms with E-state index in [4.69, 9.17) is 4.74 Å². The molecule has 1 aromatic rings. The third-order valence-electron chi connectivity index (χ3n) is 7.86. The highest BCUT2D eigenvalue weighted by molar-refractivity contribution is 7.91. The first-order chi connectivity index (χ1) is 21.6. The minimum Gasteiger partial charge on any atom is -0.494 e. The highest BCUT2D eigenvalue weighted by Gasteiger charge is 2.46. The Morgan fingerprint density at radius 2 is 1.47 bits per heavy atom. The molecule has 0 aliphatic rings. The molecule has 0 aromatic heterocycles. The van der Waals surface area contributed by atoms with Crippen molar-refractivity contribution in [3.8, 4) is 5.75 Å². The molecule has 5 N–H and O–H groups in total. The van der Waals surface area contributed by atoms with Crippen molar-refractivity contribution in [1.82, 2.24) is 5.32 Å². The predicted octanol–water partition coefficient (Wildman–Crippen LogP) is 6.78. The summed E-state index contributed by atoms with van der Waals surface area (Å²) in [4.78, 5) is 37.6. The summed E-state index contributed by atoms with van der Waals surface area (Å²) >= 11 is -0.526. The highest BCUT2D eigenvalue weighted by Crippen LogP contribution is 2.27. The number of allylic oxidation sites excluding steroid dienone is 1. The largest absolute Gasteiger partial charge is 0.494 e. The van der Waals surface area contributed by atoms with Gasteiger partial charge < -0.3 is 25.4 Å². The lowest BCUT2D eigenvalue weighted by Gasteiger charge is -2.30. The van der Waals surface area contributed by atoms with Crippen molar-refractivity contribution in [2.24, 2.45) is 5.92 Å². The van der Waals surface area contributed by atoms with Crippen LogP contribution in [0, 0.1) is 5.92 Å². The van der Waals surface area contributed by atoms with E-state index in [1.165, 1.54) is 31.8 Å². The summed E-state index contributed by atoms with van der Waals surface area (Å²) < 4.78 is 15.9. The molecular formula is C35H58NO8S+. The average molecular weight is 653 g/mol. The number of unbranched alkanes of at least 4 members (excludes halogenated alkanes) is 9. The topological polar surface area (TPSA) is 153 Å². The molecule has 45 heavy (non-hydrogen) atoms. The van der Waals surface area contributed by atoms with Gasteiger partial charge in [0.2, 0.25) is 5.91 Å². The highest BCUT2D eigenvalue weighted by atomic mass is 32.2. The van der Waals surface area contributed by atoms with Crippen molar-refractivity contribution in [2.75, 3.05) is 18.1 Å². The summed E-state index contributed by atoms with van der Waals surface area (Å²) in [5.74, 6) is -2.72. The number of aliphatic hydroxyl groups is 1. The number of rotatable bonds is 27. The molecule has 0 radical (unpaired) electrons. The van der Waals surface area contributed by atoms with Gasteiger partial charge in [0.1, 0.15) is 34.5 Å². The van der Waals surface area contributed by atoms with Crippen molar-refractivity contribution in [1.29, 1.82) is 0 Å². The summed E-state index contributed by atoms with van der Waals surface area (Å²) in [6.07, 6.45) is 15.4. The molecule has 1 aromatic carbocycles. The van der Waals surface area contributed by atoms with Gasteiger partial charge >= 0.3 is 11.9 Å². The number of hydrogen-bond acceptors (Lipinski definition) is 6. The van der Waals surface area contributed by atoms with E-state index in [1.54, 1.807) is 37.3 Å². The van der Waals surface area contributed by atoms with Gasteiger partial charge in [-0.15, -0.1) is 0 Å². The second-order valence-corrected chi connectivity index (χ2v) is 13.6. The van der Waals surface area contributed by atoms with E-state index in [0.29, 0.717) is 30.8 Å². The number of ether oxygens (including phenoxy) is 1. The normalized spacial score (nSPS) is 14.9. The zero-order valence-corrected chi connectivity index (χ0v) is 28.5. The molecular weight excluding hydrogens is 594 g/mol. The summed E-state index contributed by atoms with van der Waals surface area (Å²) in [6, 6.07) is 5.66. The fourth-order valence-corrected chi connectivity index (χ4v) is 6.36. The lowest BCUT2D eigenvalue weighted by atomic mass is 9.82. The van der Waals surface area contributed by atoms with Crippen LogP contribution < -0.4 is 10.1 Å². The predicted molar refractivity (Wildman–Crippen MR) is 182 cm³/mol. The molecule has 0 aliphatic heterocycles. The van der Waals surface area contributed by atoms with Gasteiger partial charge in [0, 0.05) is 6.42 Å². The molecule has 0 spiro atoms. The van der Waals surface area contributed by atoms with Gasteiger partial charge in [0.15, 0.2) is 5.60 Å². The van der Waals surface area contributed by atoms with Gasteiger partial charge in [-0.3, -0.25) is 4.79 Å². The zero-order chi connectivity index (χ0) is 33.5. The van der Waals surface area contributed by atoms with Crippen LogP contribution in [0.2, 0.25) is 0 Å². The Balaban J connectivity index is 2.75. The van der Waals surface area contributed by atoms with Crippen LogP contribution in [0.25, 0.3) is 0 Å². The minimum absolute atomic E-state index is 0.0137. The molecule has 0 heterocycles. The lowest BCUT2D eigenvalue weighted by molar-refractivity contribution is -0.167. The molecule has 0 fully saturated rings. The molecule has 256 valence electrons. The second kappa shape index (κ2) is 23.7. The van der Waals surface area contributed by atoms with Crippen LogP contribution in [0.1, 0.15) is 116 Å². The summed E-state index contributed by atoms with van der Waals surface area (Å²) in [5, 5.41) is 33.3. The fraction of sp³-hybridized carbons (Fsp3) is 0.686. The Morgan fingerprint density at radius 3 is 2.02 bits per heavy atom. The van der Waals surface area contributed by atoms with Crippen LogP contribution in [-0.2, 0) is 32.0 Å². The number of carboxylic acids is 2. The number of hydrogen-bond donors (Lipinski definition) is 5. The number of carbonyl (C=O) groups is 3. The van der Waals surface area contributed by atoms with Crippen LogP contribution in [-0.4, -0.2) is 67.5 Å². The quantitative estimate of drug-likeness (QED) is 0.0396. The first-order valence-corrected chi connectivity index (χ1v) is 18.3. The Hall–Kier alpha value is -2.56. The van der Waals surface area contributed by atoms with Crippen molar-refractivity contribution < 1.29 is 39.0 Å². The molecule has 0 saturated heterocycles. The molecule has 0 bridgehead atoms. The van der Waals surface area contributed by atoms with Crippen LogP contribution in [0.5, 0.6) is 5.75 Å². The molecule has 4 atom stereocenters. The maximum Gasteiger partial charge on any atom is 0.336 e. The molecule has 1 rings (SSSR count). The number of aliphatic carboxylic acids is 2. The van der Waals surface area contributed by atoms with E-state index in [0.717, 1.165) is 56.5 Å². The van der Waals surface area contributed by atoms with E-state index < -0.39 is 46.6 Å². The van der Waals surface area contributed by atoms with Crippen molar-refractivity contribution in [3.63, 3.8) is 0 Å². The van der Waals surface area contributed by atoms with E-state index in [1.807, 2.05) is 0 Å². The van der Waals surface area contributed by atoms with E-state index in [9.17, 15) is 34.3 Å². The van der Waals surface area contributed by atoms with Crippen LogP contribution >= 0.6 is 0 Å². The molecule has 9 nitrogen and oxygen atoms in total. The SMILES string of the molecule is CCCCCCC[S+](O)CCCCCC/C=C/[C@H](C(=O)N[C@@H](Cc1ccc(OCCCC)cc1)C(=O)O)[C@@](O)(CCC)C(=O)O. The van der Waals surface area contributed by atoms with E-state index in [2.05, 4.69) is 19.2 Å². The van der Waals surface area contributed by atoms with Crippen molar-refractivity contribution in [2.45, 2.75) is 129 Å². The van der Waals surface area contributed by atoms with Crippen LogP contribution in [0.3, 0.4) is 0 Å². The number of carbonyl (C=O) groups excluding carboxylic acids is 1. The number of benzene rings is 1. The Kier molecular flexibility index (Phi) is 21.3. The van der Waals surface area contributed by atoms with Gasteiger partial charge in [0.25, 0.3) is 0 Å². The molecule has 0 aliphatic carbocycles. The smallest absolute Gasteiger partial charge is 0.336 e. The van der Waals surface area contributed by atoms with E-state index in [-0.39, 0.29) is 12.8 Å². The maximum absolute atomic E-state index is 13.4. The molecule has 1 unspecified atom stereocenters.